The van der Waals surface area contributed by atoms with Crippen LogP contribution in [-0.2, 0) is 13.6 Å². The number of aromatic nitrogens is 2. The van der Waals surface area contributed by atoms with Gasteiger partial charge in [-0.05, 0) is 18.9 Å². The number of hydrogen-bond donors (Lipinski definition) is 1. The molecule has 1 N–H and O–H groups in total. The summed E-state index contributed by atoms with van der Waals surface area (Å²) in [4.78, 5) is 7.16. The molecule has 2 aromatic rings. The van der Waals surface area contributed by atoms with Gasteiger partial charge in [0.1, 0.15) is 0 Å². The zero-order valence-electron chi connectivity index (χ0n) is 13.9. The summed E-state index contributed by atoms with van der Waals surface area (Å²) >= 11 is 0. The number of guanidine groups is 1. The van der Waals surface area contributed by atoms with Crippen molar-refractivity contribution >= 4 is 5.96 Å². The molecule has 0 spiro atoms. The monoisotopic (exact) mass is 311 g/mol. The number of hydrogen-bond acceptors (Lipinski definition) is 2. The van der Waals surface area contributed by atoms with Crippen LogP contribution in [0.5, 0.6) is 0 Å². The minimum Gasteiger partial charge on any atom is -0.357 e. The lowest BCUT2D eigenvalue weighted by Gasteiger charge is -2.21. The van der Waals surface area contributed by atoms with Crippen LogP contribution in [0.4, 0.5) is 0 Å². The van der Waals surface area contributed by atoms with E-state index >= 15 is 0 Å². The van der Waals surface area contributed by atoms with Crippen molar-refractivity contribution < 1.29 is 0 Å². The van der Waals surface area contributed by atoms with Gasteiger partial charge in [0.05, 0.1) is 12.7 Å². The first-order chi connectivity index (χ1) is 11.3. The molecule has 2 heterocycles. The van der Waals surface area contributed by atoms with E-state index in [1.807, 2.05) is 24.1 Å². The lowest BCUT2D eigenvalue weighted by Crippen LogP contribution is -2.40. The van der Waals surface area contributed by atoms with Gasteiger partial charge in [-0.2, -0.15) is 5.10 Å². The van der Waals surface area contributed by atoms with Crippen LogP contribution in [0.15, 0.2) is 47.7 Å². The first-order valence-corrected chi connectivity index (χ1v) is 8.32. The van der Waals surface area contributed by atoms with Crippen LogP contribution >= 0.6 is 0 Å². The molecule has 3 rings (SSSR count). The molecule has 1 atom stereocenters. The third-order valence-electron chi connectivity index (χ3n) is 4.26. The topological polar surface area (TPSA) is 45.5 Å². The van der Waals surface area contributed by atoms with Crippen LogP contribution in [0.3, 0.4) is 0 Å². The summed E-state index contributed by atoms with van der Waals surface area (Å²) in [5, 5.41) is 7.63. The molecule has 1 saturated heterocycles. The predicted molar refractivity (Wildman–Crippen MR) is 93.4 cm³/mol. The second-order valence-corrected chi connectivity index (χ2v) is 6.03. The average molecular weight is 311 g/mol. The Kier molecular flexibility index (Phi) is 4.95. The molecule has 1 aromatic carbocycles. The summed E-state index contributed by atoms with van der Waals surface area (Å²) < 4.78 is 1.82. The van der Waals surface area contributed by atoms with Gasteiger partial charge < -0.3 is 10.2 Å². The van der Waals surface area contributed by atoms with Crippen molar-refractivity contribution in [2.45, 2.75) is 25.8 Å². The molecule has 5 heteroatoms. The Hall–Kier alpha value is -2.30. The Labute approximate surface area is 138 Å². The molecule has 1 unspecified atom stereocenters. The van der Waals surface area contributed by atoms with Gasteiger partial charge >= 0.3 is 0 Å². The maximum Gasteiger partial charge on any atom is 0.194 e. The molecule has 1 aliphatic rings. The summed E-state index contributed by atoms with van der Waals surface area (Å²) in [5.74, 6) is 1.60. The normalized spacial score (nSPS) is 18.4. The zero-order valence-corrected chi connectivity index (χ0v) is 13.9. The highest BCUT2D eigenvalue weighted by atomic mass is 15.3. The van der Waals surface area contributed by atoms with E-state index in [1.54, 1.807) is 0 Å². The summed E-state index contributed by atoms with van der Waals surface area (Å²) in [6, 6.07) is 10.8. The van der Waals surface area contributed by atoms with E-state index in [1.165, 1.54) is 12.0 Å². The lowest BCUT2D eigenvalue weighted by molar-refractivity contribution is 0.486. The Balaban J connectivity index is 1.67. The van der Waals surface area contributed by atoms with Crippen LogP contribution in [0, 0.1) is 0 Å². The van der Waals surface area contributed by atoms with Gasteiger partial charge in [0.15, 0.2) is 5.96 Å². The third-order valence-corrected chi connectivity index (χ3v) is 4.26. The molecular formula is C18H25N5. The van der Waals surface area contributed by atoms with Crippen LogP contribution in [0.25, 0.3) is 0 Å². The van der Waals surface area contributed by atoms with Crippen LogP contribution in [-0.4, -0.2) is 40.3 Å². The Morgan fingerprint density at radius 3 is 2.87 bits per heavy atom. The maximum atomic E-state index is 4.79. The van der Waals surface area contributed by atoms with Gasteiger partial charge in [0, 0.05) is 44.4 Å². The van der Waals surface area contributed by atoms with E-state index in [0.29, 0.717) is 12.5 Å². The van der Waals surface area contributed by atoms with Gasteiger partial charge in [-0.1, -0.05) is 30.3 Å². The molecule has 0 bridgehead atoms. The van der Waals surface area contributed by atoms with Crippen molar-refractivity contribution in [3.8, 4) is 0 Å². The second kappa shape index (κ2) is 7.31. The van der Waals surface area contributed by atoms with Crippen LogP contribution < -0.4 is 5.32 Å². The fourth-order valence-electron chi connectivity index (χ4n) is 3.10. The van der Waals surface area contributed by atoms with Gasteiger partial charge in [0.2, 0.25) is 0 Å². The number of aryl methyl sites for hydroxylation is 1. The highest BCUT2D eigenvalue weighted by Gasteiger charge is 2.25. The fraction of sp³-hybridized carbons (Fsp3) is 0.444. The highest BCUT2D eigenvalue weighted by Crippen LogP contribution is 2.26. The SMILES string of the molecule is CCNC(=NCc1cnn(C)c1)N1CCC(c2ccccc2)C1. The molecule has 0 aliphatic carbocycles. The number of nitrogens with zero attached hydrogens (tertiary/aromatic N) is 4. The minimum atomic E-state index is 0.596. The van der Waals surface area contributed by atoms with Gasteiger partial charge in [0.25, 0.3) is 0 Å². The Morgan fingerprint density at radius 2 is 2.17 bits per heavy atom. The summed E-state index contributed by atoms with van der Waals surface area (Å²) in [5.41, 5.74) is 2.57. The smallest absolute Gasteiger partial charge is 0.194 e. The standard InChI is InChI=1S/C18H25N5/c1-3-19-18(20-11-15-12-21-22(2)13-15)23-10-9-17(14-23)16-7-5-4-6-8-16/h4-8,12-13,17H,3,9-11,14H2,1-2H3,(H,19,20). The molecule has 1 aliphatic heterocycles. The number of likely N-dealkylation sites (tertiary alicyclic amines) is 1. The van der Waals surface area contributed by atoms with Crippen molar-refractivity contribution in [1.29, 1.82) is 0 Å². The summed E-state index contributed by atoms with van der Waals surface area (Å²) in [7, 11) is 1.93. The van der Waals surface area contributed by atoms with E-state index in [9.17, 15) is 0 Å². The van der Waals surface area contributed by atoms with Crippen LogP contribution in [0.1, 0.15) is 30.4 Å². The Bertz CT molecular complexity index is 646. The lowest BCUT2D eigenvalue weighted by atomic mass is 9.99. The first kappa shape index (κ1) is 15.6. The molecule has 23 heavy (non-hydrogen) atoms. The minimum absolute atomic E-state index is 0.596. The van der Waals surface area contributed by atoms with Crippen molar-refractivity contribution in [2.24, 2.45) is 12.0 Å². The van der Waals surface area contributed by atoms with E-state index in [4.69, 9.17) is 4.99 Å². The fourth-order valence-corrected chi connectivity index (χ4v) is 3.10. The molecular weight excluding hydrogens is 286 g/mol. The molecule has 0 amide bonds. The number of aliphatic imine (C=N–C) groups is 1. The quantitative estimate of drug-likeness (QED) is 0.696. The van der Waals surface area contributed by atoms with E-state index < -0.39 is 0 Å². The third kappa shape index (κ3) is 3.92. The van der Waals surface area contributed by atoms with Gasteiger partial charge in [-0.15, -0.1) is 0 Å². The first-order valence-electron chi connectivity index (χ1n) is 8.32. The predicted octanol–water partition coefficient (Wildman–Crippen LogP) is 2.38. The highest BCUT2D eigenvalue weighted by molar-refractivity contribution is 5.80. The average Bonchev–Trinajstić information content (AvgIpc) is 3.21. The van der Waals surface area contributed by atoms with E-state index in [2.05, 4.69) is 52.6 Å². The van der Waals surface area contributed by atoms with E-state index in [-0.39, 0.29) is 0 Å². The van der Waals surface area contributed by atoms with Gasteiger partial charge in [-0.3, -0.25) is 4.68 Å². The van der Waals surface area contributed by atoms with Crippen molar-refractivity contribution in [2.75, 3.05) is 19.6 Å². The largest absolute Gasteiger partial charge is 0.357 e. The van der Waals surface area contributed by atoms with Gasteiger partial charge in [-0.25, -0.2) is 4.99 Å². The summed E-state index contributed by atoms with van der Waals surface area (Å²) in [6.07, 6.45) is 5.08. The van der Waals surface area contributed by atoms with Crippen molar-refractivity contribution in [1.82, 2.24) is 20.0 Å². The number of nitrogens with one attached hydrogen (secondary N) is 1. The van der Waals surface area contributed by atoms with Crippen LogP contribution in [0.2, 0.25) is 0 Å². The van der Waals surface area contributed by atoms with Crippen molar-refractivity contribution in [3.63, 3.8) is 0 Å². The summed E-state index contributed by atoms with van der Waals surface area (Å²) in [6.45, 7) is 5.76. The Morgan fingerprint density at radius 1 is 1.35 bits per heavy atom. The maximum absolute atomic E-state index is 4.79. The van der Waals surface area contributed by atoms with E-state index in [0.717, 1.165) is 31.2 Å². The molecule has 1 fully saturated rings. The zero-order chi connectivity index (χ0) is 16.1. The molecule has 0 saturated carbocycles. The molecule has 5 nitrogen and oxygen atoms in total. The molecule has 122 valence electrons. The number of rotatable bonds is 4. The molecule has 1 aromatic heterocycles. The molecule has 0 radical (unpaired) electrons. The number of benzene rings is 1. The second-order valence-electron chi connectivity index (χ2n) is 6.03. The van der Waals surface area contributed by atoms with Crippen molar-refractivity contribution in [3.05, 3.63) is 53.9 Å².